The molecule has 34 nitrogen and oxygen atoms in total. The molecule has 34 heteroatoms. The largest absolute Gasteiger partial charge is 0.477 e. The van der Waals surface area contributed by atoms with Gasteiger partial charge in [-0.25, -0.2) is 4.79 Å². The molecular formula is C81H145N3O31. The van der Waals surface area contributed by atoms with Crippen LogP contribution in [-0.4, -0.2) is 321 Å². The topological polar surface area (TPSA) is 541 Å². The molecule has 0 aromatic heterocycles. The maximum atomic E-state index is 13.9. The van der Waals surface area contributed by atoms with Gasteiger partial charge in [-0.05, 0) is 44.9 Å². The molecule has 0 aliphatic carbocycles. The molecular weight excluding hydrogens is 1510 g/mol. The van der Waals surface area contributed by atoms with E-state index in [-0.39, 0.29) is 12.3 Å². The van der Waals surface area contributed by atoms with Crippen molar-refractivity contribution in [2.24, 2.45) is 0 Å². The first kappa shape index (κ1) is 102. The molecule has 5 rings (SSSR count). The van der Waals surface area contributed by atoms with Gasteiger partial charge in [0.25, 0.3) is 5.79 Å². The van der Waals surface area contributed by atoms with E-state index in [4.69, 9.17) is 47.4 Å². The van der Waals surface area contributed by atoms with Gasteiger partial charge in [0.1, 0.15) is 116 Å². The summed E-state index contributed by atoms with van der Waals surface area (Å²) in [5.41, 5.74) is 0. The second kappa shape index (κ2) is 56.1. The molecule has 5 saturated heterocycles. The Bertz CT molecular complexity index is 2700. The average molecular weight is 1660 g/mol. The summed E-state index contributed by atoms with van der Waals surface area (Å²) in [4.78, 5) is 53.1. The molecule has 28 unspecified atom stereocenters. The number of aliphatic carboxylic acids is 1. The molecule has 5 aliphatic heterocycles. The zero-order valence-corrected chi connectivity index (χ0v) is 68.2. The Hall–Kier alpha value is -3.68. The SMILES string of the molecule is CCCCCCCCC=CCCCCCCCCCCCCCCCC(=O)NC(COC1OC(CO)C(OC2OC(CO)C(OC3OC(CO)C(O)C(OC4OC(CO)C(O)C(O)C4O)C3NC(C)=O)C(OC3(C(=O)O)CC(O)C(NC(C)=O)C(C(O)C(O)CO)O3)C2O)C(O)C1O)C(O)C=CCCCCCCCCCCCCC. The number of aliphatic hydroxyl groups excluding tert-OH is 16. The van der Waals surface area contributed by atoms with Crippen LogP contribution in [0.4, 0.5) is 0 Å². The van der Waals surface area contributed by atoms with E-state index < -0.39 is 235 Å². The quantitative estimate of drug-likeness (QED) is 0.0305. The highest BCUT2D eigenvalue weighted by atomic mass is 16.8. The lowest BCUT2D eigenvalue weighted by Crippen LogP contribution is -2.72. The minimum Gasteiger partial charge on any atom is -0.477 e. The molecule has 670 valence electrons. The van der Waals surface area contributed by atoms with Gasteiger partial charge in [0, 0.05) is 26.7 Å². The lowest BCUT2D eigenvalue weighted by Gasteiger charge is -2.52. The second-order valence-electron chi connectivity index (χ2n) is 31.7. The monoisotopic (exact) mass is 1660 g/mol. The number of aliphatic hydroxyl groups is 16. The number of hydrogen-bond acceptors (Lipinski definition) is 30. The van der Waals surface area contributed by atoms with Gasteiger partial charge in [0.2, 0.25) is 17.7 Å². The van der Waals surface area contributed by atoms with Gasteiger partial charge < -0.3 is 150 Å². The van der Waals surface area contributed by atoms with E-state index in [1.54, 1.807) is 6.08 Å². The van der Waals surface area contributed by atoms with Crippen molar-refractivity contribution in [2.45, 2.75) is 424 Å². The second-order valence-corrected chi connectivity index (χ2v) is 31.7. The molecule has 0 aromatic carbocycles. The fourth-order valence-corrected chi connectivity index (χ4v) is 15.4. The van der Waals surface area contributed by atoms with Crippen LogP contribution in [0.5, 0.6) is 0 Å². The molecule has 0 aromatic rings. The van der Waals surface area contributed by atoms with Gasteiger partial charge in [-0.15, -0.1) is 0 Å². The summed E-state index contributed by atoms with van der Waals surface area (Å²) < 4.78 is 60.2. The number of unbranched alkanes of at least 4 members (excludes halogenated alkanes) is 30. The number of amides is 3. The number of allylic oxidation sites excluding steroid dienone is 3. The smallest absolute Gasteiger partial charge is 0.364 e. The average Bonchev–Trinajstić information content (AvgIpc) is 0.741. The number of carbonyl (C=O) groups is 4. The van der Waals surface area contributed by atoms with Crippen molar-refractivity contribution in [3.63, 3.8) is 0 Å². The molecule has 5 heterocycles. The first-order valence-corrected chi connectivity index (χ1v) is 42.7. The highest BCUT2D eigenvalue weighted by Gasteiger charge is 2.62. The molecule has 0 saturated carbocycles. The summed E-state index contributed by atoms with van der Waals surface area (Å²) in [6, 6.07) is -4.81. The predicted molar refractivity (Wildman–Crippen MR) is 415 cm³/mol. The Morgan fingerprint density at radius 3 is 1.37 bits per heavy atom. The van der Waals surface area contributed by atoms with Crippen molar-refractivity contribution < 1.29 is 153 Å². The third-order valence-electron chi connectivity index (χ3n) is 22.2. The standard InChI is InChI=1S/C81H145N3O31/c1-5-7-9-11-13-15-17-19-20-21-22-23-24-25-26-27-28-30-32-34-36-38-40-42-60(95)84-52(53(92)41-39-37-35-33-31-29-18-16-14-12-10-8-6-2)49-106-77-69(102)67(100)71(58(47-88)109-77)111-79-70(103)75(115-81(80(104)105)43-54(93)61(82-50(3)90)74(114-81)63(96)55(94)44-85)72(59(48-89)110-79)112-76-62(83-51(4)91)73(65(98)57(46-87)107-76)113-78-68(101)66(99)64(97)56(45-86)108-78/h19-20,39,41,52-59,61-79,85-89,92-94,96-103H,5-18,21-38,40,42-49H2,1-4H3,(H,82,90)(H,83,91)(H,84,95)(H,104,105). The van der Waals surface area contributed by atoms with Crippen molar-refractivity contribution in [2.75, 3.05) is 39.6 Å². The van der Waals surface area contributed by atoms with E-state index in [1.807, 2.05) is 6.08 Å². The zero-order chi connectivity index (χ0) is 84.4. The van der Waals surface area contributed by atoms with Crippen molar-refractivity contribution >= 4 is 23.7 Å². The number of carboxylic acid groups (broad SMARTS) is 1. The van der Waals surface area contributed by atoms with Crippen LogP contribution in [0.3, 0.4) is 0 Å². The number of hydrogen-bond donors (Lipinski definition) is 20. The maximum Gasteiger partial charge on any atom is 0.364 e. The van der Waals surface area contributed by atoms with Crippen LogP contribution in [0, 0.1) is 0 Å². The van der Waals surface area contributed by atoms with E-state index in [9.17, 15) is 106 Å². The summed E-state index contributed by atoms with van der Waals surface area (Å²) in [6.45, 7) is 0.344. The van der Waals surface area contributed by atoms with Crippen LogP contribution < -0.4 is 16.0 Å². The van der Waals surface area contributed by atoms with Crippen LogP contribution >= 0.6 is 0 Å². The van der Waals surface area contributed by atoms with Crippen LogP contribution in [0.25, 0.3) is 0 Å². The number of nitrogens with one attached hydrogen (secondary N) is 3. The third-order valence-corrected chi connectivity index (χ3v) is 22.2. The predicted octanol–water partition coefficient (Wildman–Crippen LogP) is 1.85. The van der Waals surface area contributed by atoms with Gasteiger partial charge in [-0.3, -0.25) is 14.4 Å². The summed E-state index contributed by atoms with van der Waals surface area (Å²) in [7, 11) is 0. The Kier molecular flexibility index (Phi) is 49.7. The molecule has 0 radical (unpaired) electrons. The Morgan fingerprint density at radius 2 is 0.870 bits per heavy atom. The molecule has 3 amide bonds. The fraction of sp³-hybridized carbons (Fsp3) is 0.901. The first-order valence-electron chi connectivity index (χ1n) is 42.7. The number of carbonyl (C=O) groups excluding carboxylic acids is 3. The van der Waals surface area contributed by atoms with Crippen LogP contribution in [0.2, 0.25) is 0 Å². The normalized spacial score (nSPS) is 33.1. The lowest BCUT2D eigenvalue weighted by atomic mass is 9.88. The summed E-state index contributed by atoms with van der Waals surface area (Å²) >= 11 is 0. The van der Waals surface area contributed by atoms with Gasteiger partial charge >= 0.3 is 5.97 Å². The molecule has 115 heavy (non-hydrogen) atoms. The van der Waals surface area contributed by atoms with Crippen molar-refractivity contribution in [1.29, 1.82) is 0 Å². The van der Waals surface area contributed by atoms with Gasteiger partial charge in [0.05, 0.1) is 63.9 Å². The molecule has 5 fully saturated rings. The van der Waals surface area contributed by atoms with Gasteiger partial charge in [-0.1, -0.05) is 205 Å². The van der Waals surface area contributed by atoms with Crippen molar-refractivity contribution in [1.82, 2.24) is 16.0 Å². The minimum absolute atomic E-state index is 0.132. The van der Waals surface area contributed by atoms with E-state index >= 15 is 0 Å². The van der Waals surface area contributed by atoms with E-state index in [2.05, 4.69) is 41.9 Å². The maximum absolute atomic E-state index is 13.9. The Morgan fingerprint density at radius 1 is 0.452 bits per heavy atom. The number of ether oxygens (including phenoxy) is 10. The molecule has 0 spiro atoms. The summed E-state index contributed by atoms with van der Waals surface area (Å²) in [5.74, 6) is -7.71. The third kappa shape index (κ3) is 33.6. The Labute approximate surface area is 677 Å². The van der Waals surface area contributed by atoms with E-state index in [0.717, 1.165) is 71.6 Å². The van der Waals surface area contributed by atoms with E-state index in [0.29, 0.717) is 12.8 Å². The highest BCUT2D eigenvalue weighted by Crippen LogP contribution is 2.41. The molecule has 28 atom stereocenters. The van der Waals surface area contributed by atoms with Gasteiger partial charge in [0.15, 0.2) is 25.2 Å². The summed E-state index contributed by atoms with van der Waals surface area (Å²) in [5, 5.41) is 197. The molecule has 0 bridgehead atoms. The molecule has 5 aliphatic rings. The van der Waals surface area contributed by atoms with Crippen LogP contribution in [-0.2, 0) is 66.5 Å². The van der Waals surface area contributed by atoms with E-state index in [1.165, 1.54) is 141 Å². The minimum atomic E-state index is -3.38. The van der Waals surface area contributed by atoms with Crippen LogP contribution in [0.15, 0.2) is 24.3 Å². The van der Waals surface area contributed by atoms with Gasteiger partial charge in [-0.2, -0.15) is 0 Å². The summed E-state index contributed by atoms with van der Waals surface area (Å²) in [6.07, 6.45) is -4.52. The van der Waals surface area contributed by atoms with Crippen molar-refractivity contribution in [3.8, 4) is 0 Å². The van der Waals surface area contributed by atoms with Crippen molar-refractivity contribution in [3.05, 3.63) is 24.3 Å². The molecule has 20 N–H and O–H groups in total. The fourth-order valence-electron chi connectivity index (χ4n) is 15.4. The van der Waals surface area contributed by atoms with Crippen LogP contribution in [0.1, 0.15) is 252 Å². The first-order chi connectivity index (χ1) is 55.3. The highest BCUT2D eigenvalue weighted by molar-refractivity contribution is 5.77. The number of rotatable bonds is 59. The lowest BCUT2D eigenvalue weighted by molar-refractivity contribution is -0.403. The Balaban J connectivity index is 1.32. The number of carboxylic acids is 1. The zero-order valence-electron chi connectivity index (χ0n) is 68.2.